The van der Waals surface area contributed by atoms with Gasteiger partial charge in [-0.2, -0.15) is 0 Å². The monoisotopic (exact) mass is 178 g/mol. The Bertz CT molecular complexity index is 168. The third-order valence-corrected chi connectivity index (χ3v) is 2.57. The van der Waals surface area contributed by atoms with E-state index in [4.69, 9.17) is 5.73 Å². The third kappa shape index (κ3) is 1.93. The number of nitrogens with zero attached hydrogens (tertiary/aromatic N) is 1. The van der Waals surface area contributed by atoms with Crippen LogP contribution in [0.2, 0.25) is 0 Å². The zero-order chi connectivity index (χ0) is 9.41. The normalized spacial score (nSPS) is 23.8. The standard InChI is InChI=1S/C8H16F2N2/c1-7(2)3-4-12(7)6-8(9,10)5-11/h3-6,11H2,1-2H3. The molecule has 0 atom stereocenters. The highest BCUT2D eigenvalue weighted by Crippen LogP contribution is 2.31. The Morgan fingerprint density at radius 1 is 1.50 bits per heavy atom. The molecule has 72 valence electrons. The van der Waals surface area contributed by atoms with Crippen LogP contribution in [-0.2, 0) is 0 Å². The van der Waals surface area contributed by atoms with Gasteiger partial charge in [0.05, 0.1) is 13.1 Å². The van der Waals surface area contributed by atoms with Crippen molar-refractivity contribution in [3.05, 3.63) is 0 Å². The molecule has 1 aliphatic heterocycles. The van der Waals surface area contributed by atoms with Gasteiger partial charge in [-0.15, -0.1) is 0 Å². The van der Waals surface area contributed by atoms with Crippen molar-refractivity contribution >= 4 is 0 Å². The second kappa shape index (κ2) is 2.92. The summed E-state index contributed by atoms with van der Waals surface area (Å²) in [5.74, 6) is -2.72. The topological polar surface area (TPSA) is 29.3 Å². The van der Waals surface area contributed by atoms with Crippen LogP contribution in [0.1, 0.15) is 20.3 Å². The van der Waals surface area contributed by atoms with Gasteiger partial charge in [0, 0.05) is 12.1 Å². The van der Waals surface area contributed by atoms with E-state index >= 15 is 0 Å². The Balaban J connectivity index is 2.42. The fourth-order valence-electron chi connectivity index (χ4n) is 1.35. The zero-order valence-electron chi connectivity index (χ0n) is 7.61. The van der Waals surface area contributed by atoms with Crippen molar-refractivity contribution in [3.8, 4) is 0 Å². The molecule has 1 fully saturated rings. The number of alkyl halides is 2. The SMILES string of the molecule is CC1(C)CCN1CC(F)(F)CN. The average Bonchev–Trinajstić information content (AvgIpc) is 1.99. The van der Waals surface area contributed by atoms with E-state index in [1.54, 1.807) is 4.90 Å². The Labute approximate surface area is 71.7 Å². The van der Waals surface area contributed by atoms with Crippen molar-refractivity contribution < 1.29 is 8.78 Å². The van der Waals surface area contributed by atoms with Gasteiger partial charge in [0.25, 0.3) is 5.92 Å². The minimum absolute atomic E-state index is 0.0569. The van der Waals surface area contributed by atoms with Crippen molar-refractivity contribution in [2.75, 3.05) is 19.6 Å². The second-order valence-electron chi connectivity index (χ2n) is 4.04. The Morgan fingerprint density at radius 3 is 2.33 bits per heavy atom. The molecular formula is C8H16F2N2. The van der Waals surface area contributed by atoms with Gasteiger partial charge in [0.15, 0.2) is 0 Å². The predicted octanol–water partition coefficient (Wildman–Crippen LogP) is 1.06. The van der Waals surface area contributed by atoms with Gasteiger partial charge in [-0.1, -0.05) is 0 Å². The molecule has 0 radical (unpaired) electrons. The number of halogens is 2. The second-order valence-corrected chi connectivity index (χ2v) is 4.04. The molecule has 0 aromatic heterocycles. The fraction of sp³-hybridized carbons (Fsp3) is 1.00. The molecule has 4 heteroatoms. The molecular weight excluding hydrogens is 162 g/mol. The summed E-state index contributed by atoms with van der Waals surface area (Å²) in [5.41, 5.74) is 4.89. The van der Waals surface area contributed by atoms with E-state index in [0.29, 0.717) is 0 Å². The van der Waals surface area contributed by atoms with E-state index in [1.165, 1.54) is 0 Å². The molecule has 0 unspecified atom stereocenters. The van der Waals surface area contributed by atoms with Crippen LogP contribution in [0.5, 0.6) is 0 Å². The molecule has 2 N–H and O–H groups in total. The summed E-state index contributed by atoms with van der Waals surface area (Å²) in [6.45, 7) is 3.96. The number of rotatable bonds is 3. The minimum atomic E-state index is -2.72. The summed E-state index contributed by atoms with van der Waals surface area (Å²) >= 11 is 0. The molecule has 2 nitrogen and oxygen atoms in total. The molecule has 0 aromatic carbocycles. The van der Waals surface area contributed by atoms with Gasteiger partial charge in [-0.05, 0) is 20.3 Å². The molecule has 1 heterocycles. The van der Waals surface area contributed by atoms with Crippen LogP contribution >= 0.6 is 0 Å². The molecule has 1 saturated heterocycles. The molecule has 1 aliphatic rings. The number of hydrogen-bond acceptors (Lipinski definition) is 2. The maximum absolute atomic E-state index is 12.8. The van der Waals surface area contributed by atoms with E-state index in [-0.39, 0.29) is 12.1 Å². The molecule has 12 heavy (non-hydrogen) atoms. The van der Waals surface area contributed by atoms with Crippen LogP contribution in [0.4, 0.5) is 8.78 Å². The van der Waals surface area contributed by atoms with Crippen LogP contribution < -0.4 is 5.73 Å². The summed E-state index contributed by atoms with van der Waals surface area (Å²) in [6.07, 6.45) is 0.994. The molecule has 0 amide bonds. The highest BCUT2D eigenvalue weighted by Gasteiger charge is 2.41. The largest absolute Gasteiger partial charge is 0.325 e. The van der Waals surface area contributed by atoms with E-state index in [1.807, 2.05) is 13.8 Å². The summed E-state index contributed by atoms with van der Waals surface area (Å²) in [7, 11) is 0. The number of nitrogens with two attached hydrogens (primary N) is 1. The van der Waals surface area contributed by atoms with Crippen molar-refractivity contribution in [3.63, 3.8) is 0 Å². The number of hydrogen-bond donors (Lipinski definition) is 1. The Kier molecular flexibility index (Phi) is 2.40. The zero-order valence-corrected chi connectivity index (χ0v) is 7.61. The van der Waals surface area contributed by atoms with Gasteiger partial charge in [0.2, 0.25) is 0 Å². The maximum atomic E-state index is 12.8. The molecule has 0 aliphatic carbocycles. The van der Waals surface area contributed by atoms with Crippen LogP contribution in [0.3, 0.4) is 0 Å². The van der Waals surface area contributed by atoms with Gasteiger partial charge >= 0.3 is 0 Å². The third-order valence-electron chi connectivity index (χ3n) is 2.57. The van der Waals surface area contributed by atoms with Crippen molar-refractivity contribution in [2.24, 2.45) is 5.73 Å². The summed E-state index contributed by atoms with van der Waals surface area (Å²) in [5, 5.41) is 0. The highest BCUT2D eigenvalue weighted by molar-refractivity contribution is 4.94. The summed E-state index contributed by atoms with van der Waals surface area (Å²) in [6, 6.07) is 0. The fourth-order valence-corrected chi connectivity index (χ4v) is 1.35. The lowest BCUT2D eigenvalue weighted by Crippen LogP contribution is -2.59. The summed E-state index contributed by atoms with van der Waals surface area (Å²) in [4.78, 5) is 1.78. The van der Waals surface area contributed by atoms with Crippen LogP contribution in [0.15, 0.2) is 0 Å². The van der Waals surface area contributed by atoms with Gasteiger partial charge in [0.1, 0.15) is 0 Å². The van der Waals surface area contributed by atoms with E-state index < -0.39 is 12.5 Å². The smallest absolute Gasteiger partial charge is 0.272 e. The van der Waals surface area contributed by atoms with Gasteiger partial charge in [-0.25, -0.2) is 8.78 Å². The lowest BCUT2D eigenvalue weighted by molar-refractivity contribution is -0.0855. The van der Waals surface area contributed by atoms with Gasteiger partial charge in [-0.3, -0.25) is 4.90 Å². The molecule has 0 spiro atoms. The first kappa shape index (κ1) is 9.86. The van der Waals surface area contributed by atoms with E-state index in [0.717, 1.165) is 13.0 Å². The predicted molar refractivity (Wildman–Crippen MR) is 44.3 cm³/mol. The summed E-state index contributed by atoms with van der Waals surface area (Å²) < 4.78 is 25.6. The molecule has 0 saturated carbocycles. The lowest BCUT2D eigenvalue weighted by atomic mass is 9.88. The average molecular weight is 178 g/mol. The van der Waals surface area contributed by atoms with Crippen LogP contribution in [-0.4, -0.2) is 36.0 Å². The Hall–Kier alpha value is -0.220. The molecule has 1 rings (SSSR count). The Morgan fingerprint density at radius 2 is 2.08 bits per heavy atom. The van der Waals surface area contributed by atoms with Crippen LogP contribution in [0.25, 0.3) is 0 Å². The molecule has 0 aromatic rings. The first-order chi connectivity index (χ1) is 5.37. The van der Waals surface area contributed by atoms with Gasteiger partial charge < -0.3 is 5.73 Å². The van der Waals surface area contributed by atoms with Crippen molar-refractivity contribution in [1.82, 2.24) is 4.90 Å². The minimum Gasteiger partial charge on any atom is -0.325 e. The maximum Gasteiger partial charge on any atom is 0.272 e. The van der Waals surface area contributed by atoms with Crippen LogP contribution in [0, 0.1) is 0 Å². The first-order valence-corrected chi connectivity index (χ1v) is 4.20. The van der Waals surface area contributed by atoms with Crippen molar-refractivity contribution in [2.45, 2.75) is 31.7 Å². The van der Waals surface area contributed by atoms with Crippen molar-refractivity contribution in [1.29, 1.82) is 0 Å². The first-order valence-electron chi connectivity index (χ1n) is 4.20. The lowest BCUT2D eigenvalue weighted by Gasteiger charge is -2.49. The quantitative estimate of drug-likeness (QED) is 0.700. The van der Waals surface area contributed by atoms with E-state index in [9.17, 15) is 8.78 Å². The highest BCUT2D eigenvalue weighted by atomic mass is 19.3. The van der Waals surface area contributed by atoms with E-state index in [2.05, 4.69) is 0 Å². The molecule has 0 bridgehead atoms. The number of likely N-dealkylation sites (tertiary alicyclic amines) is 1.